The van der Waals surface area contributed by atoms with E-state index >= 15 is 0 Å². The Morgan fingerprint density at radius 2 is 1.93 bits per heavy atom. The first-order valence-corrected chi connectivity index (χ1v) is 6.30. The first kappa shape index (κ1) is 9.89. The van der Waals surface area contributed by atoms with E-state index in [9.17, 15) is 0 Å². The first-order valence-electron chi connectivity index (χ1n) is 6.30. The van der Waals surface area contributed by atoms with Gasteiger partial charge in [0.2, 0.25) is 0 Å². The Kier molecular flexibility index (Phi) is 1.77. The van der Waals surface area contributed by atoms with E-state index in [0.717, 1.165) is 23.3 Å². The van der Waals surface area contributed by atoms with Gasteiger partial charge >= 0.3 is 0 Å². The van der Waals surface area contributed by atoms with Gasteiger partial charge in [-0.3, -0.25) is 0 Å². The highest BCUT2D eigenvalue weighted by atomic mass is 16.3. The van der Waals surface area contributed by atoms with Gasteiger partial charge in [-0.15, -0.1) is 0 Å². The number of hydrogen-bond acceptors (Lipinski definition) is 1. The van der Waals surface area contributed by atoms with E-state index in [1.807, 2.05) is 6.92 Å². The van der Waals surface area contributed by atoms with Crippen molar-refractivity contribution in [2.75, 3.05) is 6.61 Å². The summed E-state index contributed by atoms with van der Waals surface area (Å²) in [5, 5.41) is 9.04. The minimum absolute atomic E-state index is 0.227. The molecule has 4 bridgehead atoms. The van der Waals surface area contributed by atoms with Crippen LogP contribution in [-0.2, 0) is 0 Å². The van der Waals surface area contributed by atoms with E-state index in [0.29, 0.717) is 10.8 Å². The molecule has 4 aliphatic carbocycles. The van der Waals surface area contributed by atoms with Gasteiger partial charge in [0.1, 0.15) is 0 Å². The van der Waals surface area contributed by atoms with Crippen molar-refractivity contribution in [3.05, 3.63) is 11.6 Å². The van der Waals surface area contributed by atoms with Crippen LogP contribution in [0.2, 0.25) is 0 Å². The zero-order valence-corrected chi connectivity index (χ0v) is 10.1. The quantitative estimate of drug-likeness (QED) is 0.704. The molecule has 4 saturated carbocycles. The second-order valence-corrected chi connectivity index (χ2v) is 6.49. The molecule has 0 saturated heterocycles. The Hall–Kier alpha value is -0.300. The third-order valence-corrected chi connectivity index (χ3v) is 6.25. The molecular weight excluding hydrogens is 184 g/mol. The molecule has 1 heteroatoms. The Balaban J connectivity index is 1.82. The summed E-state index contributed by atoms with van der Waals surface area (Å²) in [7, 11) is 0. The lowest BCUT2D eigenvalue weighted by Crippen LogP contribution is -2.26. The van der Waals surface area contributed by atoms with Gasteiger partial charge in [-0.25, -0.2) is 0 Å². The summed E-state index contributed by atoms with van der Waals surface area (Å²) in [5.41, 5.74) is 2.34. The van der Waals surface area contributed by atoms with Gasteiger partial charge in [-0.05, 0) is 54.8 Å². The molecule has 15 heavy (non-hydrogen) atoms. The molecule has 0 aromatic rings. The summed E-state index contributed by atoms with van der Waals surface area (Å²) in [4.78, 5) is 0. The van der Waals surface area contributed by atoms with Crippen molar-refractivity contribution >= 4 is 0 Å². The smallest absolute Gasteiger partial charge is 0.0639 e. The molecule has 0 radical (unpaired) electrons. The third kappa shape index (κ3) is 0.939. The van der Waals surface area contributed by atoms with Gasteiger partial charge < -0.3 is 5.11 Å². The summed E-state index contributed by atoms with van der Waals surface area (Å²) in [6.45, 7) is 7.27. The highest BCUT2D eigenvalue weighted by Gasteiger charge is 2.80. The van der Waals surface area contributed by atoms with Crippen molar-refractivity contribution in [1.29, 1.82) is 0 Å². The standard InChI is InChI=1S/C14H22O/c1-9(8-15)4-5-13(2)10-6-11-12(7-10)14(11,13)3/h4,10-12,15H,5-8H2,1-3H3/b9-4+/t10?,11-,12?,13+,14?/m0/s1. The molecule has 0 spiro atoms. The second kappa shape index (κ2) is 2.68. The predicted octanol–water partition coefficient (Wildman–Crippen LogP) is 3.00. The highest BCUT2D eigenvalue weighted by Crippen LogP contribution is 2.86. The molecule has 0 heterocycles. The zero-order valence-electron chi connectivity index (χ0n) is 10.1. The number of aliphatic hydroxyl groups excluding tert-OH is 1. The molecule has 5 atom stereocenters. The van der Waals surface area contributed by atoms with Crippen molar-refractivity contribution in [2.45, 2.75) is 40.0 Å². The molecule has 3 unspecified atom stereocenters. The number of hydrogen-bond donors (Lipinski definition) is 1. The molecule has 4 aliphatic rings. The summed E-state index contributed by atoms with van der Waals surface area (Å²) >= 11 is 0. The molecule has 4 rings (SSSR count). The molecule has 1 N–H and O–H groups in total. The van der Waals surface area contributed by atoms with Gasteiger partial charge in [0.05, 0.1) is 6.61 Å². The van der Waals surface area contributed by atoms with Crippen molar-refractivity contribution in [2.24, 2.45) is 28.6 Å². The first-order chi connectivity index (χ1) is 7.04. The summed E-state index contributed by atoms with van der Waals surface area (Å²) in [6.07, 6.45) is 6.45. The van der Waals surface area contributed by atoms with E-state index in [1.54, 1.807) is 0 Å². The summed E-state index contributed by atoms with van der Waals surface area (Å²) < 4.78 is 0. The minimum atomic E-state index is 0.227. The topological polar surface area (TPSA) is 20.2 Å². The summed E-state index contributed by atoms with van der Waals surface area (Å²) in [5.74, 6) is 3.07. The van der Waals surface area contributed by atoms with E-state index < -0.39 is 0 Å². The average Bonchev–Trinajstić information content (AvgIpc) is 2.61. The van der Waals surface area contributed by atoms with Gasteiger partial charge in [0.15, 0.2) is 0 Å². The van der Waals surface area contributed by atoms with Crippen molar-refractivity contribution < 1.29 is 5.11 Å². The molecule has 1 nitrogen and oxygen atoms in total. The van der Waals surface area contributed by atoms with Crippen molar-refractivity contribution in [3.8, 4) is 0 Å². The molecule has 0 aromatic heterocycles. The largest absolute Gasteiger partial charge is 0.392 e. The van der Waals surface area contributed by atoms with Crippen molar-refractivity contribution in [1.82, 2.24) is 0 Å². The number of aliphatic hydroxyl groups is 1. The maximum atomic E-state index is 9.04. The lowest BCUT2D eigenvalue weighted by atomic mass is 9.71. The number of rotatable bonds is 3. The zero-order chi connectivity index (χ0) is 10.8. The van der Waals surface area contributed by atoms with Crippen LogP contribution in [0.25, 0.3) is 0 Å². The monoisotopic (exact) mass is 206 g/mol. The highest BCUT2D eigenvalue weighted by molar-refractivity contribution is 5.30. The second-order valence-electron chi connectivity index (χ2n) is 6.49. The van der Waals surface area contributed by atoms with E-state index in [-0.39, 0.29) is 6.61 Å². The van der Waals surface area contributed by atoms with Crippen molar-refractivity contribution in [3.63, 3.8) is 0 Å². The Morgan fingerprint density at radius 1 is 1.33 bits per heavy atom. The van der Waals surface area contributed by atoms with Crippen LogP contribution in [0.1, 0.15) is 40.0 Å². The third-order valence-electron chi connectivity index (χ3n) is 6.25. The number of allylic oxidation sites excluding steroid dienone is 1. The van der Waals surface area contributed by atoms with Gasteiger partial charge in [-0.2, -0.15) is 0 Å². The predicted molar refractivity (Wildman–Crippen MR) is 61.4 cm³/mol. The van der Waals surface area contributed by atoms with Gasteiger partial charge in [0, 0.05) is 0 Å². The normalized spacial score (nSPS) is 56.3. The van der Waals surface area contributed by atoms with Crippen LogP contribution in [0, 0.1) is 28.6 Å². The van der Waals surface area contributed by atoms with E-state index in [2.05, 4.69) is 19.9 Å². The average molecular weight is 206 g/mol. The Morgan fingerprint density at radius 3 is 2.33 bits per heavy atom. The van der Waals surface area contributed by atoms with Crippen LogP contribution in [-0.4, -0.2) is 11.7 Å². The molecule has 84 valence electrons. The molecule has 0 aliphatic heterocycles. The maximum Gasteiger partial charge on any atom is 0.0639 e. The van der Waals surface area contributed by atoms with Crippen LogP contribution in [0.3, 0.4) is 0 Å². The Bertz CT molecular complexity index is 318. The fourth-order valence-corrected chi connectivity index (χ4v) is 4.87. The molecule has 4 fully saturated rings. The van der Waals surface area contributed by atoms with Crippen LogP contribution in [0.5, 0.6) is 0 Å². The van der Waals surface area contributed by atoms with Gasteiger partial charge in [-0.1, -0.05) is 25.5 Å². The summed E-state index contributed by atoms with van der Waals surface area (Å²) in [6, 6.07) is 0. The SMILES string of the molecule is C/C(=C\C[C@]1(C)C2CC3[C@H](C2)C31C)CO. The molecule has 0 aromatic carbocycles. The Labute approximate surface area is 92.6 Å². The molecule has 0 amide bonds. The lowest BCUT2D eigenvalue weighted by molar-refractivity contribution is 0.172. The van der Waals surface area contributed by atoms with Crippen LogP contribution < -0.4 is 0 Å². The van der Waals surface area contributed by atoms with E-state index in [4.69, 9.17) is 5.11 Å². The fourth-order valence-electron chi connectivity index (χ4n) is 4.87. The van der Waals surface area contributed by atoms with E-state index in [1.165, 1.54) is 19.3 Å². The fraction of sp³-hybridized carbons (Fsp3) is 0.857. The van der Waals surface area contributed by atoms with Gasteiger partial charge in [0.25, 0.3) is 0 Å². The van der Waals surface area contributed by atoms with Crippen LogP contribution >= 0.6 is 0 Å². The minimum Gasteiger partial charge on any atom is -0.392 e. The maximum absolute atomic E-state index is 9.04. The molecular formula is C14H22O. The lowest BCUT2D eigenvalue weighted by Gasteiger charge is -2.33. The van der Waals surface area contributed by atoms with Crippen LogP contribution in [0.15, 0.2) is 11.6 Å². The van der Waals surface area contributed by atoms with Crippen LogP contribution in [0.4, 0.5) is 0 Å².